The molecule has 1 saturated heterocycles. The summed E-state index contributed by atoms with van der Waals surface area (Å²) >= 11 is 0. The predicted molar refractivity (Wildman–Crippen MR) is 102 cm³/mol. The Morgan fingerprint density at radius 1 is 1.07 bits per heavy atom. The van der Waals surface area contributed by atoms with Crippen LogP contribution in [-0.4, -0.2) is 53.7 Å². The molecule has 2 amide bonds. The van der Waals surface area contributed by atoms with Gasteiger partial charge in [-0.1, -0.05) is 12.1 Å². The maximum atomic E-state index is 12.5. The zero-order valence-corrected chi connectivity index (χ0v) is 15.2. The number of nitro groups is 1. The summed E-state index contributed by atoms with van der Waals surface area (Å²) in [7, 11) is 0. The summed E-state index contributed by atoms with van der Waals surface area (Å²) in [5, 5.41) is 13.8. The number of nitrogens with one attached hydrogen (secondary N) is 1. The first-order chi connectivity index (χ1) is 13.6. The molecule has 9 nitrogen and oxygen atoms in total. The molecule has 28 heavy (non-hydrogen) atoms. The smallest absolute Gasteiger partial charge is 0.321 e. The summed E-state index contributed by atoms with van der Waals surface area (Å²) in [5.41, 5.74) is 1.65. The van der Waals surface area contributed by atoms with Crippen molar-refractivity contribution in [3.05, 3.63) is 58.1 Å². The van der Waals surface area contributed by atoms with Crippen LogP contribution in [0.2, 0.25) is 0 Å². The number of hydrogen-bond acceptors (Lipinski definition) is 6. The molecule has 0 radical (unpaired) electrons. The molecule has 0 unspecified atom stereocenters. The Morgan fingerprint density at radius 3 is 2.64 bits per heavy atom. The third kappa shape index (κ3) is 3.99. The molecule has 0 aliphatic carbocycles. The molecule has 0 saturated carbocycles. The SMILES string of the molecule is O=C(Nc1ccc2c(c1)OCO2)N1CCN(Cc2cccc([N+](=O)[O-])c2)CC1. The quantitative estimate of drug-likeness (QED) is 0.643. The van der Waals surface area contributed by atoms with Gasteiger partial charge in [0, 0.05) is 56.6 Å². The number of carbonyl (C=O) groups excluding carboxylic acids is 1. The van der Waals surface area contributed by atoms with Crippen molar-refractivity contribution in [2.45, 2.75) is 6.54 Å². The van der Waals surface area contributed by atoms with E-state index in [1.807, 2.05) is 6.07 Å². The third-order valence-corrected chi connectivity index (χ3v) is 4.81. The van der Waals surface area contributed by atoms with Gasteiger partial charge in [-0.25, -0.2) is 4.79 Å². The minimum Gasteiger partial charge on any atom is -0.454 e. The van der Waals surface area contributed by atoms with E-state index in [9.17, 15) is 14.9 Å². The normalized spacial score (nSPS) is 16.1. The second-order valence-corrected chi connectivity index (χ2v) is 6.69. The fourth-order valence-corrected chi connectivity index (χ4v) is 3.31. The first kappa shape index (κ1) is 18.1. The number of hydrogen-bond donors (Lipinski definition) is 1. The first-order valence-corrected chi connectivity index (χ1v) is 9.00. The molecule has 2 aliphatic rings. The number of benzene rings is 2. The molecule has 0 atom stereocenters. The van der Waals surface area contributed by atoms with Crippen molar-refractivity contribution in [3.63, 3.8) is 0 Å². The van der Waals surface area contributed by atoms with E-state index in [1.165, 1.54) is 6.07 Å². The van der Waals surface area contributed by atoms with E-state index in [2.05, 4.69) is 10.2 Å². The molecule has 2 aromatic carbocycles. The van der Waals surface area contributed by atoms with E-state index >= 15 is 0 Å². The number of nitro benzene ring substituents is 1. The van der Waals surface area contributed by atoms with Crippen LogP contribution in [0, 0.1) is 10.1 Å². The van der Waals surface area contributed by atoms with Crippen molar-refractivity contribution in [3.8, 4) is 11.5 Å². The highest BCUT2D eigenvalue weighted by atomic mass is 16.7. The van der Waals surface area contributed by atoms with Crippen LogP contribution in [-0.2, 0) is 6.54 Å². The van der Waals surface area contributed by atoms with Gasteiger partial charge in [0.05, 0.1) is 4.92 Å². The zero-order valence-electron chi connectivity index (χ0n) is 15.2. The van der Waals surface area contributed by atoms with Crippen molar-refractivity contribution in [2.24, 2.45) is 0 Å². The van der Waals surface area contributed by atoms with E-state index in [0.717, 1.165) is 5.56 Å². The number of non-ortho nitro benzene ring substituents is 1. The van der Waals surface area contributed by atoms with Gasteiger partial charge in [0.15, 0.2) is 11.5 Å². The van der Waals surface area contributed by atoms with Crippen molar-refractivity contribution < 1.29 is 19.2 Å². The maximum absolute atomic E-state index is 12.5. The fourth-order valence-electron chi connectivity index (χ4n) is 3.31. The van der Waals surface area contributed by atoms with Crippen LogP contribution in [0.1, 0.15) is 5.56 Å². The number of ether oxygens (including phenoxy) is 2. The average molecular weight is 384 g/mol. The second kappa shape index (κ2) is 7.73. The highest BCUT2D eigenvalue weighted by Crippen LogP contribution is 2.34. The van der Waals surface area contributed by atoms with Crippen LogP contribution in [0.4, 0.5) is 16.2 Å². The lowest BCUT2D eigenvalue weighted by Crippen LogP contribution is -2.49. The summed E-state index contributed by atoms with van der Waals surface area (Å²) in [6, 6.07) is 11.8. The third-order valence-electron chi connectivity index (χ3n) is 4.81. The Morgan fingerprint density at radius 2 is 1.86 bits per heavy atom. The van der Waals surface area contributed by atoms with Crippen LogP contribution in [0.25, 0.3) is 0 Å². The number of piperazine rings is 1. The highest BCUT2D eigenvalue weighted by Gasteiger charge is 2.22. The molecule has 1 N–H and O–H groups in total. The molecular formula is C19H20N4O5. The highest BCUT2D eigenvalue weighted by molar-refractivity contribution is 5.89. The van der Waals surface area contributed by atoms with Crippen molar-refractivity contribution in [1.29, 1.82) is 0 Å². The lowest BCUT2D eigenvalue weighted by Gasteiger charge is -2.34. The summed E-state index contributed by atoms with van der Waals surface area (Å²) in [4.78, 5) is 27.0. The molecule has 146 valence electrons. The Bertz CT molecular complexity index is 896. The molecule has 2 heterocycles. The number of nitrogens with zero attached hydrogens (tertiary/aromatic N) is 3. The van der Waals surface area contributed by atoms with Gasteiger partial charge in [-0.2, -0.15) is 0 Å². The monoisotopic (exact) mass is 384 g/mol. The van der Waals surface area contributed by atoms with Gasteiger partial charge in [-0.3, -0.25) is 15.0 Å². The van der Waals surface area contributed by atoms with Gasteiger partial charge in [0.2, 0.25) is 6.79 Å². The van der Waals surface area contributed by atoms with Gasteiger partial charge in [0.25, 0.3) is 5.69 Å². The summed E-state index contributed by atoms with van der Waals surface area (Å²) in [6.07, 6.45) is 0. The molecular weight excluding hydrogens is 364 g/mol. The number of rotatable bonds is 4. The van der Waals surface area contributed by atoms with E-state index in [4.69, 9.17) is 9.47 Å². The van der Waals surface area contributed by atoms with E-state index < -0.39 is 0 Å². The van der Waals surface area contributed by atoms with Crippen molar-refractivity contribution in [1.82, 2.24) is 9.80 Å². The summed E-state index contributed by atoms with van der Waals surface area (Å²) in [5.74, 6) is 1.30. The summed E-state index contributed by atoms with van der Waals surface area (Å²) in [6.45, 7) is 3.41. The van der Waals surface area contributed by atoms with Crippen LogP contribution < -0.4 is 14.8 Å². The van der Waals surface area contributed by atoms with Crippen LogP contribution in [0.5, 0.6) is 11.5 Å². The van der Waals surface area contributed by atoms with Crippen LogP contribution in [0.15, 0.2) is 42.5 Å². The van der Waals surface area contributed by atoms with E-state index in [-0.39, 0.29) is 23.4 Å². The van der Waals surface area contributed by atoms with Crippen molar-refractivity contribution in [2.75, 3.05) is 38.3 Å². The zero-order chi connectivity index (χ0) is 19.5. The lowest BCUT2D eigenvalue weighted by molar-refractivity contribution is -0.384. The van der Waals surface area contributed by atoms with Crippen LogP contribution >= 0.6 is 0 Å². The van der Waals surface area contributed by atoms with Gasteiger partial charge < -0.3 is 19.7 Å². The van der Waals surface area contributed by atoms with Crippen LogP contribution in [0.3, 0.4) is 0 Å². The molecule has 0 aromatic heterocycles. The molecule has 2 aromatic rings. The molecule has 4 rings (SSSR count). The molecule has 2 aliphatic heterocycles. The van der Waals surface area contributed by atoms with Gasteiger partial charge >= 0.3 is 6.03 Å². The Hall–Kier alpha value is -3.33. The standard InChI is InChI=1S/C19H20N4O5/c24-19(20-15-4-5-17-18(11-15)28-13-27-17)22-8-6-21(7-9-22)12-14-2-1-3-16(10-14)23(25)26/h1-5,10-11H,6-9,12-13H2,(H,20,24). The number of anilines is 1. The molecule has 0 bridgehead atoms. The lowest BCUT2D eigenvalue weighted by atomic mass is 10.2. The second-order valence-electron chi connectivity index (χ2n) is 6.69. The fraction of sp³-hybridized carbons (Fsp3) is 0.316. The van der Waals surface area contributed by atoms with Gasteiger partial charge in [-0.15, -0.1) is 0 Å². The van der Waals surface area contributed by atoms with Crippen molar-refractivity contribution >= 4 is 17.4 Å². The number of carbonyl (C=O) groups is 1. The minimum absolute atomic E-state index is 0.0965. The maximum Gasteiger partial charge on any atom is 0.321 e. The Labute approximate surface area is 161 Å². The largest absolute Gasteiger partial charge is 0.454 e. The topological polar surface area (TPSA) is 97.2 Å². The summed E-state index contributed by atoms with van der Waals surface area (Å²) < 4.78 is 10.6. The molecule has 9 heteroatoms. The average Bonchev–Trinajstić information content (AvgIpc) is 3.16. The van der Waals surface area contributed by atoms with E-state index in [0.29, 0.717) is 49.9 Å². The first-order valence-electron chi connectivity index (χ1n) is 9.00. The Balaban J connectivity index is 1.29. The van der Waals surface area contributed by atoms with E-state index in [1.54, 1.807) is 35.2 Å². The van der Waals surface area contributed by atoms with Gasteiger partial charge in [-0.05, 0) is 17.7 Å². The number of urea groups is 1. The minimum atomic E-state index is -0.387. The predicted octanol–water partition coefficient (Wildman–Crippen LogP) is 2.67. The number of fused-ring (bicyclic) bond motifs is 1. The molecule has 1 fully saturated rings. The number of amides is 2. The Kier molecular flexibility index (Phi) is 4.98. The van der Waals surface area contributed by atoms with Gasteiger partial charge in [0.1, 0.15) is 0 Å². The molecule has 0 spiro atoms.